The van der Waals surface area contributed by atoms with Crippen molar-refractivity contribution in [2.75, 3.05) is 6.54 Å². The van der Waals surface area contributed by atoms with Crippen LogP contribution in [0.1, 0.15) is 65.4 Å². The van der Waals surface area contributed by atoms with E-state index < -0.39 is 5.69 Å². The van der Waals surface area contributed by atoms with Crippen LogP contribution in [-0.4, -0.2) is 32.9 Å². The van der Waals surface area contributed by atoms with E-state index in [4.69, 9.17) is 4.52 Å². The molecule has 2 heterocycles. The first kappa shape index (κ1) is 22.1. The second kappa shape index (κ2) is 9.24. The zero-order valence-corrected chi connectivity index (χ0v) is 18.8. The molecule has 1 saturated carbocycles. The maximum atomic E-state index is 12.5. The van der Waals surface area contributed by atoms with Gasteiger partial charge in [0.1, 0.15) is 5.76 Å². The van der Waals surface area contributed by atoms with Crippen molar-refractivity contribution in [1.29, 1.82) is 0 Å². The molecule has 0 radical (unpaired) electrons. The second-order valence-corrected chi connectivity index (χ2v) is 8.95. The first-order valence-corrected chi connectivity index (χ1v) is 11.7. The van der Waals surface area contributed by atoms with Gasteiger partial charge in [0.2, 0.25) is 5.91 Å². The Bertz CT molecular complexity index is 1340. The molecule has 2 aliphatic rings. The van der Waals surface area contributed by atoms with Gasteiger partial charge in [0.25, 0.3) is 5.56 Å². The molecule has 0 aliphatic heterocycles. The highest BCUT2D eigenvalue weighted by atomic mass is 16.5. The third-order valence-corrected chi connectivity index (χ3v) is 6.58. The topological polar surface area (TPSA) is 127 Å². The van der Waals surface area contributed by atoms with Crippen molar-refractivity contribution in [1.82, 2.24) is 20.0 Å². The highest BCUT2D eigenvalue weighted by Crippen LogP contribution is 2.44. The van der Waals surface area contributed by atoms with Crippen molar-refractivity contribution in [3.8, 4) is 11.1 Å². The van der Waals surface area contributed by atoms with Crippen molar-refractivity contribution >= 4 is 11.7 Å². The van der Waals surface area contributed by atoms with Crippen LogP contribution in [0.4, 0.5) is 0 Å². The number of ketones is 1. The minimum atomic E-state index is -0.493. The van der Waals surface area contributed by atoms with Crippen molar-refractivity contribution in [2.45, 2.75) is 57.4 Å². The lowest BCUT2D eigenvalue weighted by Gasteiger charge is -2.19. The van der Waals surface area contributed by atoms with Gasteiger partial charge in [0, 0.05) is 41.3 Å². The van der Waals surface area contributed by atoms with Crippen LogP contribution in [-0.2, 0) is 24.2 Å². The molecule has 2 aromatic heterocycles. The number of carbonyl (C=O) groups excluding carboxylic acids is 2. The van der Waals surface area contributed by atoms with E-state index in [-0.39, 0.29) is 36.8 Å². The summed E-state index contributed by atoms with van der Waals surface area (Å²) < 4.78 is 6.86. The maximum Gasteiger partial charge on any atom is 0.328 e. The van der Waals surface area contributed by atoms with Crippen molar-refractivity contribution in [2.24, 2.45) is 0 Å². The third-order valence-electron chi connectivity index (χ3n) is 6.58. The zero-order valence-electron chi connectivity index (χ0n) is 18.8. The number of Topliss-reactive ketones (excluding diaryl/α,β-unsaturated/α-hetero) is 1. The van der Waals surface area contributed by atoms with Crippen molar-refractivity contribution < 1.29 is 14.1 Å². The van der Waals surface area contributed by atoms with Crippen LogP contribution < -0.4 is 16.6 Å². The molecule has 34 heavy (non-hydrogen) atoms. The number of fused-ring (bicyclic) bond motifs is 1. The molecule has 1 amide bonds. The van der Waals surface area contributed by atoms with Gasteiger partial charge in [-0.3, -0.25) is 23.9 Å². The predicted molar refractivity (Wildman–Crippen MR) is 124 cm³/mol. The summed E-state index contributed by atoms with van der Waals surface area (Å²) in [6.45, 7) is 0.0339. The molecule has 0 bridgehead atoms. The van der Waals surface area contributed by atoms with Gasteiger partial charge in [-0.15, -0.1) is 0 Å². The van der Waals surface area contributed by atoms with Gasteiger partial charge in [-0.25, -0.2) is 4.79 Å². The zero-order chi connectivity index (χ0) is 23.7. The second-order valence-electron chi connectivity index (χ2n) is 8.95. The van der Waals surface area contributed by atoms with Crippen molar-refractivity contribution in [3.05, 3.63) is 73.9 Å². The molecule has 0 spiro atoms. The molecular formula is C25H26N4O5. The van der Waals surface area contributed by atoms with Gasteiger partial charge in [0.15, 0.2) is 5.78 Å². The van der Waals surface area contributed by atoms with Crippen LogP contribution in [0.3, 0.4) is 0 Å². The maximum absolute atomic E-state index is 12.5. The van der Waals surface area contributed by atoms with E-state index in [1.54, 1.807) is 18.3 Å². The number of amides is 1. The number of rotatable bonds is 8. The van der Waals surface area contributed by atoms with Crippen LogP contribution in [0, 0.1) is 0 Å². The average molecular weight is 463 g/mol. The molecule has 0 atom stereocenters. The summed E-state index contributed by atoms with van der Waals surface area (Å²) in [4.78, 5) is 51.5. The lowest BCUT2D eigenvalue weighted by atomic mass is 9.97. The smallest absolute Gasteiger partial charge is 0.328 e. The van der Waals surface area contributed by atoms with Crippen LogP contribution in [0.15, 0.2) is 44.6 Å². The summed E-state index contributed by atoms with van der Waals surface area (Å²) in [6.07, 6.45) is 7.09. The Morgan fingerprint density at radius 1 is 1.12 bits per heavy atom. The van der Waals surface area contributed by atoms with E-state index in [0.717, 1.165) is 48.3 Å². The van der Waals surface area contributed by atoms with E-state index in [2.05, 4.69) is 15.5 Å². The van der Waals surface area contributed by atoms with E-state index >= 15 is 0 Å². The monoisotopic (exact) mass is 462 g/mol. The fraction of sp³-hybridized carbons (Fsp3) is 0.400. The molecule has 0 saturated heterocycles. The number of benzene rings is 1. The number of hydrogen-bond acceptors (Lipinski definition) is 6. The molecule has 2 N–H and O–H groups in total. The fourth-order valence-corrected chi connectivity index (χ4v) is 4.55. The summed E-state index contributed by atoms with van der Waals surface area (Å²) in [6, 6.07) is 7.19. The SMILES string of the molecule is O=C(CCn1c2c(c(=O)[nH]c1=O)CCCC2)NCC(=O)c1ccc(-c2cnoc2C2CC2)cc1. The Morgan fingerprint density at radius 3 is 2.65 bits per heavy atom. The Labute approximate surface area is 195 Å². The van der Waals surface area contributed by atoms with Crippen LogP contribution in [0.2, 0.25) is 0 Å². The molecule has 176 valence electrons. The fourth-order valence-electron chi connectivity index (χ4n) is 4.55. The molecule has 9 nitrogen and oxygen atoms in total. The van der Waals surface area contributed by atoms with Gasteiger partial charge >= 0.3 is 5.69 Å². The number of H-pyrrole nitrogens is 1. The summed E-state index contributed by atoms with van der Waals surface area (Å²) >= 11 is 0. The van der Waals surface area contributed by atoms with Gasteiger partial charge in [-0.2, -0.15) is 0 Å². The average Bonchev–Trinajstić information content (AvgIpc) is 3.58. The number of nitrogens with one attached hydrogen (secondary N) is 2. The number of hydrogen-bond donors (Lipinski definition) is 2. The number of aromatic amines is 1. The molecule has 1 fully saturated rings. The predicted octanol–water partition coefficient (Wildman–Crippen LogP) is 2.34. The Balaban J connectivity index is 1.17. The summed E-state index contributed by atoms with van der Waals surface area (Å²) in [5.74, 6) is 0.804. The normalized spacial score (nSPS) is 15.1. The Hall–Kier alpha value is -3.75. The quantitative estimate of drug-likeness (QED) is 0.495. The van der Waals surface area contributed by atoms with E-state index in [1.807, 2.05) is 12.1 Å². The highest BCUT2D eigenvalue weighted by molar-refractivity contribution is 5.99. The summed E-state index contributed by atoms with van der Waals surface area (Å²) in [7, 11) is 0. The minimum Gasteiger partial charge on any atom is -0.360 e. The third kappa shape index (κ3) is 4.50. The van der Waals surface area contributed by atoms with Gasteiger partial charge in [-0.05, 0) is 44.1 Å². The van der Waals surface area contributed by atoms with Gasteiger partial charge < -0.3 is 9.84 Å². The van der Waals surface area contributed by atoms with Gasteiger partial charge in [-0.1, -0.05) is 29.4 Å². The molecule has 3 aromatic rings. The standard InChI is InChI=1S/C25H26N4O5/c30-21(16-7-5-15(6-8-16)19-13-27-34-23(19)17-9-10-17)14-26-22(31)11-12-29-20-4-2-1-3-18(20)24(32)28-25(29)33/h5-8,13,17H,1-4,9-12,14H2,(H,26,31)(H,28,32,33). The first-order valence-electron chi connectivity index (χ1n) is 11.7. The van der Waals surface area contributed by atoms with Crippen LogP contribution >= 0.6 is 0 Å². The number of nitrogens with zero attached hydrogens (tertiary/aromatic N) is 2. The molecule has 2 aliphatic carbocycles. The molecular weight excluding hydrogens is 436 g/mol. The highest BCUT2D eigenvalue weighted by Gasteiger charge is 2.30. The lowest BCUT2D eigenvalue weighted by Crippen LogP contribution is -2.38. The summed E-state index contributed by atoms with van der Waals surface area (Å²) in [5, 5.41) is 6.55. The Morgan fingerprint density at radius 2 is 1.88 bits per heavy atom. The number of aromatic nitrogens is 3. The Kier molecular flexibility index (Phi) is 6.00. The van der Waals surface area contributed by atoms with Crippen LogP contribution in [0.25, 0.3) is 11.1 Å². The largest absolute Gasteiger partial charge is 0.360 e. The molecule has 5 rings (SSSR count). The van der Waals surface area contributed by atoms with E-state index in [0.29, 0.717) is 29.9 Å². The molecule has 0 unspecified atom stereocenters. The number of carbonyl (C=O) groups is 2. The summed E-state index contributed by atoms with van der Waals surface area (Å²) in [5.41, 5.74) is 2.94. The van der Waals surface area contributed by atoms with E-state index in [9.17, 15) is 19.2 Å². The lowest BCUT2D eigenvalue weighted by molar-refractivity contribution is -0.121. The van der Waals surface area contributed by atoms with Crippen molar-refractivity contribution in [3.63, 3.8) is 0 Å². The van der Waals surface area contributed by atoms with E-state index in [1.165, 1.54) is 4.57 Å². The minimum absolute atomic E-state index is 0.0437. The first-order chi connectivity index (χ1) is 16.5. The van der Waals surface area contributed by atoms with Gasteiger partial charge in [0.05, 0.1) is 12.7 Å². The molecule has 1 aromatic carbocycles. The molecule has 9 heteroatoms. The van der Waals surface area contributed by atoms with Crippen LogP contribution in [0.5, 0.6) is 0 Å².